The lowest BCUT2D eigenvalue weighted by Gasteiger charge is -2.29. The summed E-state index contributed by atoms with van der Waals surface area (Å²) < 4.78 is 0. The molecule has 0 radical (unpaired) electrons. The standard InChI is InChI=1S/C26H23N5O3.C26H25N5O/c32-25(14-20-13-21(16-29-26(20)31(33)34)18-4-2-1-3-5-18)22-12-19-6-7-23(15-24(19)28-17-22)30-10-8-27-9-11-30;27-26-20(13-21(16-30-26)18-4-2-1-3-5-18)14-25(32)22-12-19-6-7-23(15-24(19)29-17-22)31-10-8-28-9-11-31/h1-7,12-13,15-17,27H,8-11,14H2;1-7,12-13,15-17,28H,8-11,14H2,(H2,27,30). The number of aromatic nitrogens is 4. The number of nitro groups is 1. The van der Waals surface area contributed by atoms with Crippen LogP contribution >= 0.6 is 0 Å². The van der Waals surface area contributed by atoms with Crippen molar-refractivity contribution in [1.29, 1.82) is 0 Å². The zero-order valence-corrected chi connectivity index (χ0v) is 36.3. The number of anilines is 3. The highest BCUT2D eigenvalue weighted by Gasteiger charge is 2.22. The number of carbonyl (C=O) groups excluding carboxylic acids is 2. The second-order valence-electron chi connectivity index (χ2n) is 16.3. The summed E-state index contributed by atoms with van der Waals surface area (Å²) in [4.78, 5) is 59.2. The van der Waals surface area contributed by atoms with E-state index in [1.54, 1.807) is 30.7 Å². The highest BCUT2D eigenvalue weighted by Crippen LogP contribution is 2.28. The number of piperazine rings is 2. The Morgan fingerprint density at radius 2 is 1.00 bits per heavy atom. The summed E-state index contributed by atoms with van der Waals surface area (Å²) in [5.74, 6) is -0.185. The quantitative estimate of drug-likeness (QED) is 0.0652. The molecule has 330 valence electrons. The van der Waals surface area contributed by atoms with Crippen LogP contribution in [0.5, 0.6) is 0 Å². The third kappa shape index (κ3) is 10.0. The van der Waals surface area contributed by atoms with Crippen LogP contribution in [-0.4, -0.2) is 88.8 Å². The predicted molar refractivity (Wildman–Crippen MR) is 260 cm³/mol. The molecular weight excluding hydrogens is 829 g/mol. The maximum absolute atomic E-state index is 13.1. The molecule has 0 bridgehead atoms. The topological polar surface area (TPSA) is 185 Å². The maximum Gasteiger partial charge on any atom is 0.367 e. The Hall–Kier alpha value is -7.94. The number of benzene rings is 4. The van der Waals surface area contributed by atoms with Crippen molar-refractivity contribution in [3.8, 4) is 22.3 Å². The van der Waals surface area contributed by atoms with E-state index in [1.165, 1.54) is 11.9 Å². The number of nitrogens with two attached hydrogens (primary N) is 1. The van der Waals surface area contributed by atoms with Gasteiger partial charge in [0.05, 0.1) is 16.6 Å². The zero-order valence-electron chi connectivity index (χ0n) is 36.3. The minimum atomic E-state index is -0.548. The first-order valence-corrected chi connectivity index (χ1v) is 22.0. The molecule has 6 heterocycles. The molecule has 0 atom stereocenters. The van der Waals surface area contributed by atoms with E-state index in [4.69, 9.17) is 5.73 Å². The first kappa shape index (κ1) is 43.3. The number of carbonyl (C=O) groups is 2. The van der Waals surface area contributed by atoms with E-state index < -0.39 is 4.92 Å². The lowest BCUT2D eigenvalue weighted by molar-refractivity contribution is -0.390. The van der Waals surface area contributed by atoms with Gasteiger partial charge in [0.1, 0.15) is 12.0 Å². The molecule has 2 aliphatic heterocycles. The molecule has 0 aliphatic carbocycles. The van der Waals surface area contributed by atoms with Crippen LogP contribution in [0.1, 0.15) is 31.8 Å². The maximum atomic E-state index is 13.1. The molecule has 2 saturated heterocycles. The average molecular weight is 877 g/mol. The number of hydrogen-bond acceptors (Lipinski definition) is 13. The van der Waals surface area contributed by atoms with Crippen molar-refractivity contribution in [2.45, 2.75) is 12.8 Å². The van der Waals surface area contributed by atoms with Crippen LogP contribution in [0, 0.1) is 10.1 Å². The molecule has 4 aromatic heterocycles. The van der Waals surface area contributed by atoms with Crippen molar-refractivity contribution in [2.24, 2.45) is 0 Å². The monoisotopic (exact) mass is 876 g/mol. The molecule has 4 aromatic carbocycles. The van der Waals surface area contributed by atoms with Crippen molar-refractivity contribution in [2.75, 3.05) is 67.9 Å². The minimum Gasteiger partial charge on any atom is -0.383 e. The third-order valence-corrected chi connectivity index (χ3v) is 12.0. The molecule has 2 aliphatic rings. The molecular formula is C52H48N10O4. The summed E-state index contributed by atoms with van der Waals surface area (Å²) in [5.41, 5.74) is 15.7. The largest absolute Gasteiger partial charge is 0.383 e. The Balaban J connectivity index is 0.000000166. The number of rotatable bonds is 11. The van der Waals surface area contributed by atoms with Crippen molar-refractivity contribution in [3.63, 3.8) is 0 Å². The van der Waals surface area contributed by atoms with Gasteiger partial charge in [-0.05, 0) is 69.6 Å². The van der Waals surface area contributed by atoms with E-state index in [1.807, 2.05) is 97.1 Å². The average Bonchev–Trinajstić information content (AvgIpc) is 3.37. The molecule has 4 N–H and O–H groups in total. The minimum absolute atomic E-state index is 0.0238. The molecule has 14 nitrogen and oxygen atoms in total. The number of nitrogens with one attached hydrogen (secondary N) is 2. The van der Waals surface area contributed by atoms with Crippen LogP contribution in [-0.2, 0) is 12.8 Å². The van der Waals surface area contributed by atoms with E-state index in [0.717, 1.165) is 108 Å². The summed E-state index contributed by atoms with van der Waals surface area (Å²) in [6, 6.07) is 39.0. The summed E-state index contributed by atoms with van der Waals surface area (Å²) >= 11 is 0. The fraction of sp³-hybridized carbons (Fsp3) is 0.192. The molecule has 0 saturated carbocycles. The number of pyridine rings is 4. The van der Waals surface area contributed by atoms with E-state index in [0.29, 0.717) is 16.9 Å². The van der Waals surface area contributed by atoms with Gasteiger partial charge in [0.25, 0.3) is 0 Å². The molecule has 14 heteroatoms. The van der Waals surface area contributed by atoms with Crippen LogP contribution in [0.15, 0.2) is 146 Å². The van der Waals surface area contributed by atoms with E-state index in [2.05, 4.69) is 52.5 Å². The first-order valence-electron chi connectivity index (χ1n) is 22.0. The Kier molecular flexibility index (Phi) is 13.0. The van der Waals surface area contributed by atoms with Gasteiger partial charge in [0.15, 0.2) is 11.6 Å². The summed E-state index contributed by atoms with van der Waals surface area (Å²) in [6.07, 6.45) is 6.48. The number of nitrogens with zero attached hydrogens (tertiary/aromatic N) is 7. The Morgan fingerprint density at radius 1 is 0.545 bits per heavy atom. The van der Waals surface area contributed by atoms with Gasteiger partial charge < -0.3 is 36.3 Å². The van der Waals surface area contributed by atoms with Gasteiger partial charge in [-0.25, -0.2) is 4.98 Å². The van der Waals surface area contributed by atoms with Crippen LogP contribution in [0.3, 0.4) is 0 Å². The van der Waals surface area contributed by atoms with E-state index in [9.17, 15) is 19.7 Å². The number of hydrogen-bond donors (Lipinski definition) is 3. The normalized spacial score (nSPS) is 13.8. The van der Waals surface area contributed by atoms with Crippen LogP contribution in [0.4, 0.5) is 23.0 Å². The molecule has 2 fully saturated rings. The first-order chi connectivity index (χ1) is 32.3. The van der Waals surface area contributed by atoms with Crippen LogP contribution in [0.25, 0.3) is 44.1 Å². The van der Waals surface area contributed by atoms with Crippen LogP contribution in [0.2, 0.25) is 0 Å². The Morgan fingerprint density at radius 3 is 1.48 bits per heavy atom. The highest BCUT2D eigenvalue weighted by molar-refractivity contribution is 6.01. The van der Waals surface area contributed by atoms with Crippen molar-refractivity contribution < 1.29 is 14.5 Å². The molecule has 8 aromatic rings. The van der Waals surface area contributed by atoms with Gasteiger partial charge in [0.2, 0.25) is 0 Å². The molecule has 0 amide bonds. The second kappa shape index (κ2) is 19.8. The van der Waals surface area contributed by atoms with Gasteiger partial charge >= 0.3 is 5.82 Å². The molecule has 0 spiro atoms. The number of Topliss-reactive ketones (excluding diaryl/α,β-unsaturated/α-hetero) is 2. The zero-order chi connectivity index (χ0) is 45.4. The number of fused-ring (bicyclic) bond motifs is 2. The SMILES string of the molecule is Nc1ncc(-c2ccccc2)cc1CC(=O)c1cnc2cc(N3CCNCC3)ccc2c1.O=C(Cc1cc(-c2ccccc2)cnc1[N+](=O)[O-])c1cnc2cc(N3CCNCC3)ccc2c1. The number of nitrogen functional groups attached to an aromatic ring is 1. The van der Waals surface area contributed by atoms with Gasteiger partial charge in [0, 0.05) is 134 Å². The van der Waals surface area contributed by atoms with Gasteiger partial charge in [-0.1, -0.05) is 72.8 Å². The van der Waals surface area contributed by atoms with Crippen molar-refractivity contribution in [1.82, 2.24) is 30.6 Å². The molecule has 0 unspecified atom stereocenters. The Bertz CT molecular complexity index is 3050. The predicted octanol–water partition coefficient (Wildman–Crippen LogP) is 7.75. The van der Waals surface area contributed by atoms with Crippen molar-refractivity contribution in [3.05, 3.63) is 178 Å². The Labute approximate surface area is 381 Å². The summed E-state index contributed by atoms with van der Waals surface area (Å²) in [5, 5.41) is 20.1. The highest BCUT2D eigenvalue weighted by atomic mass is 16.6. The fourth-order valence-electron chi connectivity index (χ4n) is 8.35. The fourth-order valence-corrected chi connectivity index (χ4v) is 8.35. The summed E-state index contributed by atoms with van der Waals surface area (Å²) in [6.45, 7) is 7.73. The molecule has 10 rings (SSSR count). The number of ketones is 2. The second-order valence-corrected chi connectivity index (χ2v) is 16.3. The molecule has 66 heavy (non-hydrogen) atoms. The van der Waals surface area contributed by atoms with Crippen LogP contribution < -0.4 is 26.2 Å². The van der Waals surface area contributed by atoms with E-state index in [-0.39, 0.29) is 35.8 Å². The van der Waals surface area contributed by atoms with Gasteiger partial charge in [-0.3, -0.25) is 19.6 Å². The summed E-state index contributed by atoms with van der Waals surface area (Å²) in [7, 11) is 0. The smallest absolute Gasteiger partial charge is 0.367 e. The third-order valence-electron chi connectivity index (χ3n) is 12.0. The lowest BCUT2D eigenvalue weighted by atomic mass is 10.00. The van der Waals surface area contributed by atoms with Gasteiger partial charge in [-0.15, -0.1) is 0 Å². The van der Waals surface area contributed by atoms with Crippen molar-refractivity contribution >= 4 is 56.4 Å². The lowest BCUT2D eigenvalue weighted by Crippen LogP contribution is -2.43. The van der Waals surface area contributed by atoms with E-state index >= 15 is 0 Å². The van der Waals surface area contributed by atoms with Gasteiger partial charge in [-0.2, -0.15) is 0 Å².